The third-order valence-corrected chi connectivity index (χ3v) is 5.10. The zero-order chi connectivity index (χ0) is 23.0. The van der Waals surface area contributed by atoms with Gasteiger partial charge in [0, 0.05) is 46.8 Å². The monoisotopic (exact) mass is 426 g/mol. The molecule has 0 aliphatic carbocycles. The predicted octanol–water partition coefficient (Wildman–Crippen LogP) is 2.96. The molecule has 0 aliphatic heterocycles. The first-order chi connectivity index (χ1) is 14.8. The molecule has 0 saturated carbocycles. The van der Waals surface area contributed by atoms with Crippen LogP contribution in [0.1, 0.15) is 27.0 Å². The lowest BCUT2D eigenvalue weighted by Gasteiger charge is -2.24. The summed E-state index contributed by atoms with van der Waals surface area (Å²) in [5.41, 5.74) is 4.07. The van der Waals surface area contributed by atoms with Crippen LogP contribution in [-0.4, -0.2) is 70.6 Å². The van der Waals surface area contributed by atoms with Gasteiger partial charge in [-0.25, -0.2) is 0 Å². The van der Waals surface area contributed by atoms with E-state index in [4.69, 9.17) is 9.47 Å². The summed E-state index contributed by atoms with van der Waals surface area (Å²) in [5.74, 6) is 2.25. The minimum Gasteiger partial charge on any atom is -0.493 e. The van der Waals surface area contributed by atoms with Gasteiger partial charge in [0.1, 0.15) is 0 Å². The number of hydrogen-bond acceptors (Lipinski definition) is 4. The molecule has 7 heteroatoms. The summed E-state index contributed by atoms with van der Waals surface area (Å²) < 4.78 is 10.8. The smallest absolute Gasteiger partial charge is 0.253 e. The summed E-state index contributed by atoms with van der Waals surface area (Å²) in [5, 5.41) is 3.40. The fraction of sp³-hybridized carbons (Fsp3) is 0.417. The molecule has 0 heterocycles. The molecule has 0 atom stereocenters. The molecular weight excluding hydrogens is 392 g/mol. The van der Waals surface area contributed by atoms with Gasteiger partial charge in [-0.3, -0.25) is 9.79 Å². The Morgan fingerprint density at radius 2 is 1.74 bits per heavy atom. The van der Waals surface area contributed by atoms with Crippen molar-refractivity contribution in [3.05, 3.63) is 58.7 Å². The van der Waals surface area contributed by atoms with E-state index in [1.165, 1.54) is 0 Å². The molecule has 0 radical (unpaired) electrons. The number of carbonyl (C=O) groups is 1. The van der Waals surface area contributed by atoms with Gasteiger partial charge >= 0.3 is 0 Å². The van der Waals surface area contributed by atoms with Crippen LogP contribution >= 0.6 is 0 Å². The summed E-state index contributed by atoms with van der Waals surface area (Å²) in [6.45, 7) is 3.45. The molecule has 0 spiro atoms. The zero-order valence-corrected chi connectivity index (χ0v) is 19.7. The number of nitrogens with zero attached hydrogens (tertiary/aromatic N) is 3. The second kappa shape index (κ2) is 11.2. The zero-order valence-electron chi connectivity index (χ0n) is 19.7. The number of aliphatic imine (C=N–C) groups is 1. The fourth-order valence-corrected chi connectivity index (χ4v) is 3.34. The highest BCUT2D eigenvalue weighted by molar-refractivity contribution is 5.94. The molecule has 2 aromatic carbocycles. The average molecular weight is 427 g/mol. The standard InChI is InChI=1S/C24H34N4O3/c1-17-13-21(30-6)22(31-7)15-20(17)16-28(5)24(25-2)26-12-11-18-9-8-10-19(14-18)23(29)27(3)4/h8-10,13-15H,11-12,16H2,1-7H3,(H,25,26). The van der Waals surface area contributed by atoms with Crippen LogP contribution in [0.25, 0.3) is 0 Å². The number of guanidine groups is 1. The molecule has 0 bridgehead atoms. The largest absolute Gasteiger partial charge is 0.493 e. The molecule has 168 valence electrons. The number of benzene rings is 2. The first-order valence-electron chi connectivity index (χ1n) is 10.2. The Morgan fingerprint density at radius 3 is 2.35 bits per heavy atom. The van der Waals surface area contributed by atoms with Gasteiger partial charge in [-0.15, -0.1) is 0 Å². The van der Waals surface area contributed by atoms with E-state index in [0.717, 1.165) is 34.8 Å². The van der Waals surface area contributed by atoms with E-state index in [1.54, 1.807) is 40.3 Å². The number of rotatable bonds is 8. The molecular formula is C24H34N4O3. The van der Waals surface area contributed by atoms with E-state index < -0.39 is 0 Å². The highest BCUT2D eigenvalue weighted by Gasteiger charge is 2.13. The van der Waals surface area contributed by atoms with Crippen LogP contribution in [-0.2, 0) is 13.0 Å². The predicted molar refractivity (Wildman–Crippen MR) is 125 cm³/mol. The van der Waals surface area contributed by atoms with Crippen LogP contribution in [0.5, 0.6) is 11.5 Å². The lowest BCUT2D eigenvalue weighted by Crippen LogP contribution is -2.39. The Bertz CT molecular complexity index is 925. The van der Waals surface area contributed by atoms with Gasteiger partial charge in [-0.05, 0) is 54.3 Å². The summed E-state index contributed by atoms with van der Waals surface area (Å²) in [7, 11) is 10.6. The van der Waals surface area contributed by atoms with Gasteiger partial charge in [-0.1, -0.05) is 12.1 Å². The maximum absolute atomic E-state index is 12.2. The van der Waals surface area contributed by atoms with E-state index >= 15 is 0 Å². The van der Waals surface area contributed by atoms with Crippen molar-refractivity contribution >= 4 is 11.9 Å². The van der Waals surface area contributed by atoms with Gasteiger partial charge in [0.2, 0.25) is 0 Å². The van der Waals surface area contributed by atoms with Crippen LogP contribution in [0.15, 0.2) is 41.4 Å². The summed E-state index contributed by atoms with van der Waals surface area (Å²) in [6, 6.07) is 11.7. The van der Waals surface area contributed by atoms with Gasteiger partial charge in [-0.2, -0.15) is 0 Å². The molecule has 2 aromatic rings. The van der Waals surface area contributed by atoms with E-state index in [0.29, 0.717) is 24.4 Å². The van der Waals surface area contributed by atoms with Crippen LogP contribution in [0.2, 0.25) is 0 Å². The first kappa shape index (κ1) is 24.1. The Hall–Kier alpha value is -3.22. The Morgan fingerprint density at radius 1 is 1.06 bits per heavy atom. The SMILES string of the molecule is CN=C(NCCc1cccc(C(=O)N(C)C)c1)N(C)Cc1cc(OC)c(OC)cc1C. The second-order valence-corrected chi connectivity index (χ2v) is 7.61. The van der Waals surface area contributed by atoms with Crippen molar-refractivity contribution in [3.8, 4) is 11.5 Å². The third-order valence-electron chi connectivity index (χ3n) is 5.10. The summed E-state index contributed by atoms with van der Waals surface area (Å²) in [6.07, 6.45) is 0.788. The number of aryl methyl sites for hydroxylation is 1. The van der Waals surface area contributed by atoms with Gasteiger partial charge in [0.15, 0.2) is 17.5 Å². The normalized spacial score (nSPS) is 11.1. The Labute approximate surface area is 185 Å². The van der Waals surface area contributed by atoms with Crippen LogP contribution < -0.4 is 14.8 Å². The van der Waals surface area contributed by atoms with E-state index in [2.05, 4.69) is 22.1 Å². The Kier molecular flexibility index (Phi) is 8.73. The molecule has 31 heavy (non-hydrogen) atoms. The molecule has 1 amide bonds. The third kappa shape index (κ3) is 6.38. The van der Waals surface area contributed by atoms with Crippen LogP contribution in [0.3, 0.4) is 0 Å². The number of hydrogen-bond donors (Lipinski definition) is 1. The number of amides is 1. The number of carbonyl (C=O) groups excluding carboxylic acids is 1. The lowest BCUT2D eigenvalue weighted by molar-refractivity contribution is 0.0827. The van der Waals surface area contributed by atoms with Crippen molar-refractivity contribution in [2.75, 3.05) is 49.0 Å². The van der Waals surface area contributed by atoms with Gasteiger partial charge in [0.25, 0.3) is 5.91 Å². The van der Waals surface area contributed by atoms with Gasteiger partial charge in [0.05, 0.1) is 14.2 Å². The van der Waals surface area contributed by atoms with Crippen LogP contribution in [0.4, 0.5) is 0 Å². The second-order valence-electron chi connectivity index (χ2n) is 7.61. The van der Waals surface area contributed by atoms with E-state index in [-0.39, 0.29) is 5.91 Å². The van der Waals surface area contributed by atoms with Crippen LogP contribution in [0, 0.1) is 6.92 Å². The molecule has 7 nitrogen and oxygen atoms in total. The molecule has 1 N–H and O–H groups in total. The lowest BCUT2D eigenvalue weighted by atomic mass is 10.1. The molecule has 0 fully saturated rings. The minimum atomic E-state index is 0.00985. The molecule has 0 aromatic heterocycles. The van der Waals surface area contributed by atoms with Crippen molar-refractivity contribution in [1.82, 2.24) is 15.1 Å². The molecule has 2 rings (SSSR count). The van der Waals surface area contributed by atoms with Crippen molar-refractivity contribution in [1.29, 1.82) is 0 Å². The summed E-state index contributed by atoms with van der Waals surface area (Å²) >= 11 is 0. The Balaban J connectivity index is 2.00. The van der Waals surface area contributed by atoms with Crippen molar-refractivity contribution in [2.24, 2.45) is 4.99 Å². The van der Waals surface area contributed by atoms with Crippen molar-refractivity contribution in [2.45, 2.75) is 19.9 Å². The highest BCUT2D eigenvalue weighted by Crippen LogP contribution is 2.30. The number of methoxy groups -OCH3 is 2. The minimum absolute atomic E-state index is 0.00985. The maximum atomic E-state index is 12.2. The van der Waals surface area contributed by atoms with Crippen molar-refractivity contribution in [3.63, 3.8) is 0 Å². The molecule has 0 saturated heterocycles. The van der Waals surface area contributed by atoms with Gasteiger partial charge < -0.3 is 24.6 Å². The first-order valence-corrected chi connectivity index (χ1v) is 10.2. The average Bonchev–Trinajstić information content (AvgIpc) is 2.77. The summed E-state index contributed by atoms with van der Waals surface area (Å²) in [4.78, 5) is 20.2. The fourth-order valence-electron chi connectivity index (χ4n) is 3.34. The number of nitrogens with one attached hydrogen (secondary N) is 1. The topological polar surface area (TPSA) is 66.4 Å². The molecule has 0 aliphatic rings. The highest BCUT2D eigenvalue weighted by atomic mass is 16.5. The quantitative estimate of drug-likeness (QED) is 0.519. The van der Waals surface area contributed by atoms with E-state index in [1.807, 2.05) is 43.4 Å². The van der Waals surface area contributed by atoms with E-state index in [9.17, 15) is 4.79 Å². The maximum Gasteiger partial charge on any atom is 0.253 e. The van der Waals surface area contributed by atoms with Crippen molar-refractivity contribution < 1.29 is 14.3 Å². The molecule has 0 unspecified atom stereocenters. The number of ether oxygens (including phenoxy) is 2.